The molecule has 0 bridgehead atoms. The van der Waals surface area contributed by atoms with E-state index in [4.69, 9.17) is 4.74 Å². The smallest absolute Gasteiger partial charge is 0.346 e. The number of aromatic nitrogens is 3. The molecule has 7 heteroatoms. The average Bonchev–Trinajstić information content (AvgIpc) is 2.65. The molecule has 1 aromatic heterocycles. The standard InChI is InChI=1S/C15H26N4O3/c1-10-7-17(8-11(2)22-10)13(20)9-18-12(3)16-19(14(18)21)15(4,5)6/h10-11H,7-9H2,1-6H3/t10-,11-/m0/s1. The summed E-state index contributed by atoms with van der Waals surface area (Å²) in [6.07, 6.45) is 0.0330. The number of rotatable bonds is 2. The summed E-state index contributed by atoms with van der Waals surface area (Å²) in [6.45, 7) is 12.5. The van der Waals surface area contributed by atoms with Crippen LogP contribution in [-0.4, -0.2) is 50.5 Å². The fourth-order valence-electron chi connectivity index (χ4n) is 2.73. The molecule has 2 atom stereocenters. The molecule has 0 unspecified atom stereocenters. The van der Waals surface area contributed by atoms with Crippen LogP contribution in [0.25, 0.3) is 0 Å². The van der Waals surface area contributed by atoms with Crippen LogP contribution >= 0.6 is 0 Å². The quantitative estimate of drug-likeness (QED) is 0.808. The van der Waals surface area contributed by atoms with Crippen molar-refractivity contribution in [3.8, 4) is 0 Å². The van der Waals surface area contributed by atoms with Crippen molar-refractivity contribution in [2.45, 2.75) is 65.8 Å². The summed E-state index contributed by atoms with van der Waals surface area (Å²) in [5, 5.41) is 4.28. The van der Waals surface area contributed by atoms with Gasteiger partial charge in [0, 0.05) is 13.1 Å². The molecule has 1 aromatic rings. The number of morpholine rings is 1. The second kappa shape index (κ2) is 5.87. The summed E-state index contributed by atoms with van der Waals surface area (Å²) in [4.78, 5) is 26.7. The van der Waals surface area contributed by atoms with Gasteiger partial charge in [-0.25, -0.2) is 9.48 Å². The zero-order chi connectivity index (χ0) is 16.7. The van der Waals surface area contributed by atoms with Gasteiger partial charge in [-0.3, -0.25) is 9.36 Å². The number of amides is 1. The first-order valence-corrected chi connectivity index (χ1v) is 7.69. The van der Waals surface area contributed by atoms with Crippen molar-refractivity contribution in [1.82, 2.24) is 19.2 Å². The van der Waals surface area contributed by atoms with Gasteiger partial charge in [0.2, 0.25) is 5.91 Å². The summed E-state index contributed by atoms with van der Waals surface area (Å²) in [5.41, 5.74) is -0.647. The Balaban J connectivity index is 2.19. The van der Waals surface area contributed by atoms with Crippen LogP contribution in [0.2, 0.25) is 0 Å². The first-order valence-electron chi connectivity index (χ1n) is 7.69. The molecule has 2 rings (SSSR count). The molecule has 1 aliphatic heterocycles. The molecule has 0 aliphatic carbocycles. The van der Waals surface area contributed by atoms with Crippen molar-refractivity contribution in [2.24, 2.45) is 0 Å². The van der Waals surface area contributed by atoms with Crippen LogP contribution in [-0.2, 0) is 21.6 Å². The lowest BCUT2D eigenvalue weighted by Crippen LogP contribution is -2.49. The van der Waals surface area contributed by atoms with E-state index in [0.717, 1.165) is 0 Å². The zero-order valence-electron chi connectivity index (χ0n) is 14.3. The Bertz CT molecular complexity index is 601. The van der Waals surface area contributed by atoms with Gasteiger partial charge in [0.15, 0.2) is 0 Å². The molecule has 0 saturated carbocycles. The molecular weight excluding hydrogens is 284 g/mol. The highest BCUT2D eigenvalue weighted by Crippen LogP contribution is 2.12. The van der Waals surface area contributed by atoms with Crippen molar-refractivity contribution in [3.05, 3.63) is 16.3 Å². The fourth-order valence-corrected chi connectivity index (χ4v) is 2.73. The largest absolute Gasteiger partial charge is 0.372 e. The maximum absolute atomic E-state index is 12.5. The third-order valence-corrected chi connectivity index (χ3v) is 3.75. The minimum absolute atomic E-state index is 0.0165. The van der Waals surface area contributed by atoms with Gasteiger partial charge in [-0.15, -0.1) is 0 Å². The SMILES string of the molecule is Cc1nn(C(C)(C)C)c(=O)n1CC(=O)N1C[C@H](C)O[C@@H](C)C1. The Kier molecular flexibility index (Phi) is 4.47. The third-order valence-electron chi connectivity index (χ3n) is 3.75. The number of nitrogens with zero attached hydrogens (tertiary/aromatic N) is 4. The molecule has 2 heterocycles. The Morgan fingerprint density at radius 1 is 1.27 bits per heavy atom. The predicted molar refractivity (Wildman–Crippen MR) is 82.8 cm³/mol. The van der Waals surface area contributed by atoms with Gasteiger partial charge in [0.25, 0.3) is 0 Å². The van der Waals surface area contributed by atoms with E-state index < -0.39 is 5.54 Å². The van der Waals surface area contributed by atoms with Crippen molar-refractivity contribution >= 4 is 5.91 Å². The van der Waals surface area contributed by atoms with Crippen LogP contribution < -0.4 is 5.69 Å². The molecule has 1 saturated heterocycles. The molecule has 1 fully saturated rings. The summed E-state index contributed by atoms with van der Waals surface area (Å²) in [5.74, 6) is 0.489. The molecule has 0 aromatic carbocycles. The molecule has 124 valence electrons. The van der Waals surface area contributed by atoms with Crippen molar-refractivity contribution in [3.63, 3.8) is 0 Å². The van der Waals surface area contributed by atoms with Gasteiger partial charge in [-0.05, 0) is 41.5 Å². The molecule has 1 aliphatic rings. The van der Waals surface area contributed by atoms with E-state index in [1.54, 1.807) is 11.8 Å². The summed E-state index contributed by atoms with van der Waals surface area (Å²) in [7, 11) is 0. The van der Waals surface area contributed by atoms with Gasteiger partial charge in [-0.1, -0.05) is 0 Å². The first kappa shape index (κ1) is 16.7. The molecule has 0 spiro atoms. The van der Waals surface area contributed by atoms with Crippen LogP contribution in [0.1, 0.15) is 40.4 Å². The Labute approximate surface area is 130 Å². The second-order valence-electron chi connectivity index (χ2n) is 7.05. The van der Waals surface area contributed by atoms with E-state index >= 15 is 0 Å². The molecule has 1 amide bonds. The number of hydrogen-bond donors (Lipinski definition) is 0. The van der Waals surface area contributed by atoms with Gasteiger partial charge in [0.1, 0.15) is 12.4 Å². The predicted octanol–water partition coefficient (Wildman–Crippen LogP) is 0.744. The fraction of sp³-hybridized carbons (Fsp3) is 0.800. The Morgan fingerprint density at radius 3 is 2.27 bits per heavy atom. The number of carbonyl (C=O) groups excluding carboxylic acids is 1. The van der Waals surface area contributed by atoms with Gasteiger partial charge in [-0.2, -0.15) is 5.10 Å². The van der Waals surface area contributed by atoms with Crippen LogP contribution in [0.15, 0.2) is 4.79 Å². The maximum atomic E-state index is 12.5. The Hall–Kier alpha value is -1.63. The van der Waals surface area contributed by atoms with E-state index in [-0.39, 0.29) is 30.3 Å². The minimum Gasteiger partial charge on any atom is -0.372 e. The van der Waals surface area contributed by atoms with Gasteiger partial charge < -0.3 is 9.64 Å². The Morgan fingerprint density at radius 2 is 1.82 bits per heavy atom. The molecular formula is C15H26N4O3. The zero-order valence-corrected chi connectivity index (χ0v) is 14.3. The molecule has 22 heavy (non-hydrogen) atoms. The first-order chi connectivity index (χ1) is 10.1. The minimum atomic E-state index is -0.405. The highest BCUT2D eigenvalue weighted by Gasteiger charge is 2.28. The maximum Gasteiger partial charge on any atom is 0.346 e. The van der Waals surface area contributed by atoms with E-state index in [9.17, 15) is 9.59 Å². The monoisotopic (exact) mass is 310 g/mol. The van der Waals surface area contributed by atoms with E-state index in [1.165, 1.54) is 9.25 Å². The lowest BCUT2D eigenvalue weighted by Gasteiger charge is -2.35. The number of ether oxygens (including phenoxy) is 1. The van der Waals surface area contributed by atoms with Crippen LogP contribution in [0, 0.1) is 6.92 Å². The number of carbonyl (C=O) groups is 1. The lowest BCUT2D eigenvalue weighted by atomic mass is 10.1. The highest BCUT2D eigenvalue weighted by molar-refractivity contribution is 5.76. The van der Waals surface area contributed by atoms with Crippen molar-refractivity contribution in [2.75, 3.05) is 13.1 Å². The van der Waals surface area contributed by atoms with Gasteiger partial charge >= 0.3 is 5.69 Å². The highest BCUT2D eigenvalue weighted by atomic mass is 16.5. The van der Waals surface area contributed by atoms with Crippen molar-refractivity contribution < 1.29 is 9.53 Å². The summed E-state index contributed by atoms with van der Waals surface area (Å²) < 4.78 is 8.51. The third kappa shape index (κ3) is 3.40. The van der Waals surface area contributed by atoms with E-state index in [1.807, 2.05) is 34.6 Å². The molecule has 7 nitrogen and oxygen atoms in total. The van der Waals surface area contributed by atoms with E-state index in [0.29, 0.717) is 18.9 Å². The molecule has 0 N–H and O–H groups in total. The summed E-state index contributed by atoms with van der Waals surface area (Å²) >= 11 is 0. The topological polar surface area (TPSA) is 69.4 Å². The number of hydrogen-bond acceptors (Lipinski definition) is 4. The second-order valence-corrected chi connectivity index (χ2v) is 7.05. The normalized spacial score (nSPS) is 22.9. The van der Waals surface area contributed by atoms with Crippen molar-refractivity contribution in [1.29, 1.82) is 0 Å². The summed E-state index contributed by atoms with van der Waals surface area (Å²) in [6, 6.07) is 0. The van der Waals surface area contributed by atoms with E-state index in [2.05, 4.69) is 5.10 Å². The van der Waals surface area contributed by atoms with Crippen LogP contribution in [0.3, 0.4) is 0 Å². The van der Waals surface area contributed by atoms with Gasteiger partial charge in [0.05, 0.1) is 17.7 Å². The van der Waals surface area contributed by atoms with Crippen LogP contribution in [0.4, 0.5) is 0 Å². The molecule has 0 radical (unpaired) electrons. The van der Waals surface area contributed by atoms with Crippen LogP contribution in [0.5, 0.6) is 0 Å². The average molecular weight is 310 g/mol. The number of aryl methyl sites for hydroxylation is 1. The lowest BCUT2D eigenvalue weighted by molar-refractivity contribution is -0.143.